The lowest BCUT2D eigenvalue weighted by molar-refractivity contribution is -0.140. The van der Waals surface area contributed by atoms with Gasteiger partial charge in [-0.3, -0.25) is 4.90 Å². The van der Waals surface area contributed by atoms with Gasteiger partial charge >= 0.3 is 12.1 Å². The monoisotopic (exact) mass is 377 g/mol. The average Bonchev–Trinajstić information content (AvgIpc) is 3.44. The smallest absolute Gasteiger partial charge is 0.413 e. The predicted molar refractivity (Wildman–Crippen MR) is 104 cm³/mol. The van der Waals surface area contributed by atoms with Crippen LogP contribution in [-0.4, -0.2) is 36.3 Å². The molecule has 0 aromatic heterocycles. The van der Waals surface area contributed by atoms with Crippen molar-refractivity contribution in [3.63, 3.8) is 0 Å². The maximum atomic E-state index is 12.8. The van der Waals surface area contributed by atoms with Crippen LogP contribution in [0.2, 0.25) is 0 Å². The summed E-state index contributed by atoms with van der Waals surface area (Å²) in [4.78, 5) is 26.5. The largest absolute Gasteiger partial charge is 0.448 e. The number of carbonyl (C=O) groups is 2. The third-order valence-corrected chi connectivity index (χ3v) is 6.34. The van der Waals surface area contributed by atoms with Crippen molar-refractivity contribution in [3.8, 4) is 11.1 Å². The summed E-state index contributed by atoms with van der Waals surface area (Å²) >= 11 is 0. The quantitative estimate of drug-likeness (QED) is 0.748. The lowest BCUT2D eigenvalue weighted by Crippen LogP contribution is -2.43. The van der Waals surface area contributed by atoms with Gasteiger partial charge < -0.3 is 9.47 Å². The summed E-state index contributed by atoms with van der Waals surface area (Å²) < 4.78 is 10.9. The normalized spacial score (nSPS) is 21.5. The van der Waals surface area contributed by atoms with Crippen LogP contribution in [0.1, 0.15) is 42.7 Å². The van der Waals surface area contributed by atoms with Gasteiger partial charge in [0.15, 0.2) is 6.73 Å². The minimum absolute atomic E-state index is 0.00330. The molecule has 2 aromatic carbocycles. The van der Waals surface area contributed by atoms with Crippen molar-refractivity contribution in [2.45, 2.75) is 37.6 Å². The first kappa shape index (κ1) is 17.3. The highest BCUT2D eigenvalue weighted by atomic mass is 16.6. The van der Waals surface area contributed by atoms with Crippen LogP contribution < -0.4 is 0 Å². The number of rotatable bonds is 3. The Kier molecular flexibility index (Phi) is 4.30. The van der Waals surface area contributed by atoms with Gasteiger partial charge in [0.2, 0.25) is 0 Å². The molecule has 0 unspecified atom stereocenters. The van der Waals surface area contributed by atoms with E-state index in [9.17, 15) is 9.59 Å². The van der Waals surface area contributed by atoms with E-state index in [0.717, 1.165) is 25.7 Å². The highest BCUT2D eigenvalue weighted by molar-refractivity contribution is 5.84. The molecule has 5 heteroatoms. The van der Waals surface area contributed by atoms with Crippen molar-refractivity contribution in [2.24, 2.45) is 5.92 Å². The van der Waals surface area contributed by atoms with Gasteiger partial charge in [-0.1, -0.05) is 61.4 Å². The Balaban J connectivity index is 1.34. The molecule has 2 aromatic rings. The summed E-state index contributed by atoms with van der Waals surface area (Å²) in [6.07, 6.45) is 3.68. The van der Waals surface area contributed by atoms with E-state index in [4.69, 9.17) is 9.47 Å². The highest BCUT2D eigenvalue weighted by Gasteiger charge is 2.44. The van der Waals surface area contributed by atoms with Gasteiger partial charge in [-0.05, 0) is 41.0 Å². The van der Waals surface area contributed by atoms with Gasteiger partial charge in [0.05, 0.1) is 0 Å². The summed E-state index contributed by atoms with van der Waals surface area (Å²) in [7, 11) is 0. The number of ether oxygens (including phenoxy) is 2. The minimum atomic E-state index is -0.488. The molecule has 0 spiro atoms. The number of amides is 1. The topological polar surface area (TPSA) is 55.8 Å². The van der Waals surface area contributed by atoms with Crippen molar-refractivity contribution >= 4 is 12.1 Å². The van der Waals surface area contributed by atoms with Crippen LogP contribution in [0.15, 0.2) is 48.5 Å². The number of fused-ring (bicyclic) bond motifs is 3. The number of esters is 1. The molecule has 1 saturated heterocycles. The fourth-order valence-electron chi connectivity index (χ4n) is 4.99. The first-order valence-corrected chi connectivity index (χ1v) is 10.0. The third kappa shape index (κ3) is 2.77. The van der Waals surface area contributed by atoms with Gasteiger partial charge in [-0.2, -0.15) is 0 Å². The van der Waals surface area contributed by atoms with E-state index in [1.54, 1.807) is 0 Å². The number of cyclic esters (lactones) is 1. The lowest BCUT2D eigenvalue weighted by Gasteiger charge is -2.25. The highest BCUT2D eigenvalue weighted by Crippen LogP contribution is 2.44. The lowest BCUT2D eigenvalue weighted by atomic mass is 9.97. The predicted octanol–water partition coefficient (Wildman–Crippen LogP) is 4.31. The van der Waals surface area contributed by atoms with Crippen LogP contribution in [0.3, 0.4) is 0 Å². The maximum absolute atomic E-state index is 12.8. The van der Waals surface area contributed by atoms with Gasteiger partial charge in [0.25, 0.3) is 0 Å². The summed E-state index contributed by atoms with van der Waals surface area (Å²) in [6, 6.07) is 16.0. The summed E-state index contributed by atoms with van der Waals surface area (Å²) in [5, 5.41) is 0. The summed E-state index contributed by atoms with van der Waals surface area (Å²) in [6.45, 7) is 0.256. The molecule has 2 fully saturated rings. The number of benzene rings is 2. The van der Waals surface area contributed by atoms with Crippen molar-refractivity contribution in [2.75, 3.05) is 13.3 Å². The zero-order valence-corrected chi connectivity index (χ0v) is 15.7. The molecule has 1 saturated carbocycles. The second-order valence-electron chi connectivity index (χ2n) is 7.86. The van der Waals surface area contributed by atoms with Crippen LogP contribution in [0, 0.1) is 5.92 Å². The van der Waals surface area contributed by atoms with Crippen LogP contribution in [0.25, 0.3) is 11.1 Å². The fourth-order valence-corrected chi connectivity index (χ4v) is 4.99. The van der Waals surface area contributed by atoms with E-state index in [-0.39, 0.29) is 31.1 Å². The Morgan fingerprint density at radius 3 is 2.25 bits per heavy atom. The van der Waals surface area contributed by atoms with E-state index in [0.29, 0.717) is 0 Å². The van der Waals surface area contributed by atoms with Crippen LogP contribution in [-0.2, 0) is 14.3 Å². The summed E-state index contributed by atoms with van der Waals surface area (Å²) in [5.41, 5.74) is 4.75. The van der Waals surface area contributed by atoms with Crippen molar-refractivity contribution < 1.29 is 19.1 Å². The molecule has 5 nitrogen and oxygen atoms in total. The van der Waals surface area contributed by atoms with Crippen molar-refractivity contribution in [1.82, 2.24) is 4.90 Å². The fraction of sp³-hybridized carbons (Fsp3) is 0.391. The Labute approximate surface area is 164 Å². The van der Waals surface area contributed by atoms with Gasteiger partial charge in [0.1, 0.15) is 12.6 Å². The molecule has 3 aliphatic rings. The molecule has 28 heavy (non-hydrogen) atoms. The second kappa shape index (κ2) is 6.97. The summed E-state index contributed by atoms with van der Waals surface area (Å²) in [5.74, 6) is -0.0867. The van der Waals surface area contributed by atoms with Gasteiger partial charge in [0, 0.05) is 5.92 Å². The molecule has 0 N–H and O–H groups in total. The van der Waals surface area contributed by atoms with E-state index in [1.807, 2.05) is 24.3 Å². The molecule has 2 aliphatic carbocycles. The molecule has 0 radical (unpaired) electrons. The zero-order valence-electron chi connectivity index (χ0n) is 15.7. The molecule has 5 rings (SSSR count). The molecule has 1 amide bonds. The second-order valence-corrected chi connectivity index (χ2v) is 7.86. The van der Waals surface area contributed by atoms with Crippen molar-refractivity contribution in [1.29, 1.82) is 0 Å². The first-order valence-electron chi connectivity index (χ1n) is 10.0. The Bertz CT molecular complexity index is 873. The van der Waals surface area contributed by atoms with Gasteiger partial charge in [-0.25, -0.2) is 9.59 Å². The maximum Gasteiger partial charge on any atom is 0.413 e. The Morgan fingerprint density at radius 1 is 1.00 bits per heavy atom. The molecule has 1 atom stereocenters. The molecular formula is C23H23NO4. The van der Waals surface area contributed by atoms with E-state index in [1.165, 1.54) is 27.2 Å². The van der Waals surface area contributed by atoms with E-state index >= 15 is 0 Å². The number of hydrogen-bond acceptors (Lipinski definition) is 4. The SMILES string of the molecule is O=C1OCN(C(=O)OCC2c3ccccc3-c3ccccc32)[C@H]1C1CCCC1. The first-order chi connectivity index (χ1) is 13.7. The third-order valence-electron chi connectivity index (χ3n) is 6.34. The Hall–Kier alpha value is -2.82. The average molecular weight is 377 g/mol. The molecule has 1 heterocycles. The molecule has 0 bridgehead atoms. The number of hydrogen-bond donors (Lipinski definition) is 0. The van der Waals surface area contributed by atoms with Gasteiger partial charge in [-0.15, -0.1) is 0 Å². The minimum Gasteiger partial charge on any atom is -0.448 e. The van der Waals surface area contributed by atoms with Crippen LogP contribution in [0.4, 0.5) is 4.79 Å². The molecule has 1 aliphatic heterocycles. The molecule has 144 valence electrons. The standard InChI is InChI=1S/C23H23NO4/c25-22-21(15-7-1-2-8-15)24(14-28-22)23(26)27-13-20-18-11-5-3-9-16(18)17-10-4-6-12-19(17)20/h3-6,9-12,15,20-21H,1-2,7-8,13-14H2/t21-/m0/s1. The number of nitrogens with zero attached hydrogens (tertiary/aromatic N) is 1. The van der Waals surface area contributed by atoms with Crippen LogP contribution in [0.5, 0.6) is 0 Å². The molecular weight excluding hydrogens is 354 g/mol. The van der Waals surface area contributed by atoms with Crippen LogP contribution >= 0.6 is 0 Å². The Morgan fingerprint density at radius 2 is 1.61 bits per heavy atom. The van der Waals surface area contributed by atoms with E-state index < -0.39 is 12.1 Å². The van der Waals surface area contributed by atoms with E-state index in [2.05, 4.69) is 24.3 Å². The van der Waals surface area contributed by atoms with Crippen molar-refractivity contribution in [3.05, 3.63) is 59.7 Å². The zero-order chi connectivity index (χ0) is 19.1. The number of carbonyl (C=O) groups excluding carboxylic acids is 2.